The van der Waals surface area contributed by atoms with Gasteiger partial charge in [-0.15, -0.1) is 0 Å². The van der Waals surface area contributed by atoms with Crippen LogP contribution in [0.3, 0.4) is 0 Å². The van der Waals surface area contributed by atoms with Crippen LogP contribution in [0, 0.1) is 0 Å². The van der Waals surface area contributed by atoms with Gasteiger partial charge in [-0.2, -0.15) is 13.2 Å². The van der Waals surface area contributed by atoms with E-state index in [2.05, 4.69) is 15.9 Å². The summed E-state index contributed by atoms with van der Waals surface area (Å²) in [5.74, 6) is -0.600. The SMILES string of the molecule is CCC1CN(C(=O)c2ccc(Br)cc2C(F)(F)F)CCO1. The van der Waals surface area contributed by atoms with Gasteiger partial charge in [-0.05, 0) is 24.6 Å². The molecule has 116 valence electrons. The highest BCUT2D eigenvalue weighted by molar-refractivity contribution is 9.10. The molecule has 1 amide bonds. The van der Waals surface area contributed by atoms with Crippen molar-refractivity contribution in [3.8, 4) is 0 Å². The van der Waals surface area contributed by atoms with E-state index in [4.69, 9.17) is 4.74 Å². The number of nitrogens with zero attached hydrogens (tertiary/aromatic N) is 1. The maximum absolute atomic E-state index is 13.1. The number of benzene rings is 1. The highest BCUT2D eigenvalue weighted by atomic mass is 79.9. The van der Waals surface area contributed by atoms with Gasteiger partial charge < -0.3 is 9.64 Å². The molecule has 1 unspecified atom stereocenters. The molecule has 0 bridgehead atoms. The Bertz CT molecular complexity index is 533. The molecule has 0 aliphatic carbocycles. The molecular formula is C14H15BrF3NO2. The third-order valence-corrected chi connectivity index (χ3v) is 3.89. The molecule has 21 heavy (non-hydrogen) atoms. The normalized spacial score (nSPS) is 19.7. The molecule has 1 fully saturated rings. The fourth-order valence-corrected chi connectivity index (χ4v) is 2.62. The minimum Gasteiger partial charge on any atom is -0.375 e. The first-order chi connectivity index (χ1) is 9.82. The summed E-state index contributed by atoms with van der Waals surface area (Å²) in [6.07, 6.45) is -3.96. The lowest BCUT2D eigenvalue weighted by atomic mass is 10.0. The molecule has 7 heteroatoms. The van der Waals surface area contributed by atoms with Gasteiger partial charge in [-0.25, -0.2) is 0 Å². The quantitative estimate of drug-likeness (QED) is 0.799. The Morgan fingerprint density at radius 3 is 2.81 bits per heavy atom. The number of morpholine rings is 1. The van der Waals surface area contributed by atoms with Crippen molar-refractivity contribution in [2.75, 3.05) is 19.7 Å². The van der Waals surface area contributed by atoms with Gasteiger partial charge in [0.05, 0.1) is 23.8 Å². The summed E-state index contributed by atoms with van der Waals surface area (Å²) in [6.45, 7) is 2.90. The first kappa shape index (κ1) is 16.3. The summed E-state index contributed by atoms with van der Waals surface area (Å²) in [7, 11) is 0. The Labute approximate surface area is 129 Å². The van der Waals surface area contributed by atoms with Crippen molar-refractivity contribution in [2.45, 2.75) is 25.6 Å². The molecule has 1 aromatic carbocycles. The maximum Gasteiger partial charge on any atom is 0.417 e. The number of hydrogen-bond acceptors (Lipinski definition) is 2. The molecular weight excluding hydrogens is 351 g/mol. The van der Waals surface area contributed by atoms with E-state index in [0.29, 0.717) is 24.2 Å². The lowest BCUT2D eigenvalue weighted by molar-refractivity contribution is -0.138. The number of ether oxygens (including phenoxy) is 1. The predicted molar refractivity (Wildman–Crippen MR) is 75.1 cm³/mol. The maximum atomic E-state index is 13.1. The monoisotopic (exact) mass is 365 g/mol. The molecule has 0 N–H and O–H groups in total. The summed E-state index contributed by atoms with van der Waals surface area (Å²) >= 11 is 3.01. The third-order valence-electron chi connectivity index (χ3n) is 3.40. The van der Waals surface area contributed by atoms with Crippen LogP contribution >= 0.6 is 15.9 Å². The smallest absolute Gasteiger partial charge is 0.375 e. The Morgan fingerprint density at radius 2 is 2.19 bits per heavy atom. The van der Waals surface area contributed by atoms with Crippen molar-refractivity contribution in [3.05, 3.63) is 33.8 Å². The summed E-state index contributed by atoms with van der Waals surface area (Å²) < 4.78 is 45.0. The molecule has 0 spiro atoms. The number of amides is 1. The molecule has 1 saturated heterocycles. The molecule has 1 aliphatic rings. The van der Waals surface area contributed by atoms with Crippen LogP contribution in [-0.4, -0.2) is 36.6 Å². The topological polar surface area (TPSA) is 29.5 Å². The predicted octanol–water partition coefficient (Wildman–Crippen LogP) is 3.72. The lowest BCUT2D eigenvalue weighted by Gasteiger charge is -2.33. The fourth-order valence-electron chi connectivity index (χ4n) is 2.26. The van der Waals surface area contributed by atoms with Crippen LogP contribution in [0.4, 0.5) is 13.2 Å². The average Bonchev–Trinajstić information content (AvgIpc) is 2.45. The van der Waals surface area contributed by atoms with Gasteiger partial charge in [0, 0.05) is 17.6 Å². The first-order valence-corrected chi connectivity index (χ1v) is 7.40. The Hall–Kier alpha value is -1.08. The highest BCUT2D eigenvalue weighted by Crippen LogP contribution is 2.34. The average molecular weight is 366 g/mol. The molecule has 1 aromatic rings. The second kappa shape index (κ2) is 6.36. The van der Waals surface area contributed by atoms with Gasteiger partial charge in [0.25, 0.3) is 5.91 Å². The molecule has 0 radical (unpaired) electrons. The molecule has 1 aliphatic heterocycles. The second-order valence-electron chi connectivity index (χ2n) is 4.84. The van der Waals surface area contributed by atoms with E-state index in [0.717, 1.165) is 12.5 Å². The fraction of sp³-hybridized carbons (Fsp3) is 0.500. The van der Waals surface area contributed by atoms with E-state index < -0.39 is 17.6 Å². The summed E-state index contributed by atoms with van der Waals surface area (Å²) in [6, 6.07) is 3.59. The van der Waals surface area contributed by atoms with Gasteiger partial charge in [-0.1, -0.05) is 22.9 Å². The molecule has 0 aromatic heterocycles. The standard InChI is InChI=1S/C14H15BrF3NO2/c1-2-10-8-19(5-6-21-10)13(20)11-4-3-9(15)7-12(11)14(16,17)18/h3-4,7,10H,2,5-6,8H2,1H3. The van der Waals surface area contributed by atoms with Crippen LogP contribution in [-0.2, 0) is 10.9 Å². The molecule has 3 nitrogen and oxygen atoms in total. The van der Waals surface area contributed by atoms with Crippen LogP contribution < -0.4 is 0 Å². The van der Waals surface area contributed by atoms with Crippen LogP contribution in [0.25, 0.3) is 0 Å². The zero-order valence-electron chi connectivity index (χ0n) is 11.4. The number of halogens is 4. The van der Waals surface area contributed by atoms with Crippen molar-refractivity contribution < 1.29 is 22.7 Å². The van der Waals surface area contributed by atoms with E-state index in [1.807, 2.05) is 6.92 Å². The van der Waals surface area contributed by atoms with Crippen LogP contribution in [0.15, 0.2) is 22.7 Å². The van der Waals surface area contributed by atoms with Gasteiger partial charge in [-0.3, -0.25) is 4.79 Å². The lowest BCUT2D eigenvalue weighted by Crippen LogP contribution is -2.45. The van der Waals surface area contributed by atoms with E-state index in [1.54, 1.807) is 0 Å². The van der Waals surface area contributed by atoms with E-state index in [-0.39, 0.29) is 11.7 Å². The number of rotatable bonds is 2. The first-order valence-electron chi connectivity index (χ1n) is 6.60. The van der Waals surface area contributed by atoms with E-state index >= 15 is 0 Å². The second-order valence-corrected chi connectivity index (χ2v) is 5.76. The number of hydrogen-bond donors (Lipinski definition) is 0. The van der Waals surface area contributed by atoms with Gasteiger partial charge in [0.15, 0.2) is 0 Å². The van der Waals surface area contributed by atoms with E-state index in [9.17, 15) is 18.0 Å². The number of carbonyl (C=O) groups is 1. The Kier molecular flexibility index (Phi) is 4.93. The van der Waals surface area contributed by atoms with E-state index in [1.165, 1.54) is 17.0 Å². The van der Waals surface area contributed by atoms with Crippen molar-refractivity contribution >= 4 is 21.8 Å². The van der Waals surface area contributed by atoms with Crippen molar-refractivity contribution in [1.82, 2.24) is 4.90 Å². The number of alkyl halides is 3. The van der Waals surface area contributed by atoms with Crippen LogP contribution in [0.5, 0.6) is 0 Å². The van der Waals surface area contributed by atoms with Crippen LogP contribution in [0.1, 0.15) is 29.3 Å². The van der Waals surface area contributed by atoms with Crippen LogP contribution in [0.2, 0.25) is 0 Å². The summed E-state index contributed by atoms with van der Waals surface area (Å²) in [4.78, 5) is 13.8. The zero-order chi connectivity index (χ0) is 15.6. The summed E-state index contributed by atoms with van der Waals surface area (Å²) in [5.41, 5.74) is -1.23. The largest absolute Gasteiger partial charge is 0.417 e. The van der Waals surface area contributed by atoms with Crippen molar-refractivity contribution in [1.29, 1.82) is 0 Å². The third kappa shape index (κ3) is 3.77. The molecule has 0 saturated carbocycles. The van der Waals surface area contributed by atoms with Crippen molar-refractivity contribution in [3.63, 3.8) is 0 Å². The molecule has 1 heterocycles. The Balaban J connectivity index is 2.31. The zero-order valence-corrected chi connectivity index (χ0v) is 13.0. The Morgan fingerprint density at radius 1 is 1.48 bits per heavy atom. The van der Waals surface area contributed by atoms with Gasteiger partial charge in [0.2, 0.25) is 0 Å². The number of carbonyl (C=O) groups excluding carboxylic acids is 1. The summed E-state index contributed by atoms with van der Waals surface area (Å²) in [5, 5.41) is 0. The van der Waals surface area contributed by atoms with Gasteiger partial charge >= 0.3 is 6.18 Å². The van der Waals surface area contributed by atoms with Gasteiger partial charge in [0.1, 0.15) is 0 Å². The molecule has 2 rings (SSSR count). The minimum atomic E-state index is -4.56. The molecule has 1 atom stereocenters. The van der Waals surface area contributed by atoms with Crippen molar-refractivity contribution in [2.24, 2.45) is 0 Å². The minimum absolute atomic E-state index is 0.118. The highest BCUT2D eigenvalue weighted by Gasteiger charge is 2.37.